The second-order valence-electron chi connectivity index (χ2n) is 6.95. The van der Waals surface area contributed by atoms with E-state index < -0.39 is 0 Å². The molecule has 0 bridgehead atoms. The van der Waals surface area contributed by atoms with Crippen molar-refractivity contribution < 1.29 is 4.79 Å². The van der Waals surface area contributed by atoms with E-state index in [-0.39, 0.29) is 11.9 Å². The molecule has 4 heteroatoms. The topological polar surface area (TPSA) is 46.9 Å². The first-order valence-electron chi connectivity index (χ1n) is 8.84. The Morgan fingerprint density at radius 3 is 2.69 bits per heavy atom. The average Bonchev–Trinajstić information content (AvgIpc) is 2.97. The van der Waals surface area contributed by atoms with Gasteiger partial charge in [-0.15, -0.1) is 0 Å². The summed E-state index contributed by atoms with van der Waals surface area (Å²) in [6.45, 7) is 12.3. The predicted molar refractivity (Wildman–Crippen MR) is 106 cm³/mol. The lowest BCUT2D eigenvalue weighted by atomic mass is 10.1. The second-order valence-corrected chi connectivity index (χ2v) is 6.95. The summed E-state index contributed by atoms with van der Waals surface area (Å²) in [6, 6.07) is 14.4. The van der Waals surface area contributed by atoms with Crippen LogP contribution in [-0.2, 0) is 11.3 Å². The van der Waals surface area contributed by atoms with Gasteiger partial charge < -0.3 is 9.88 Å². The molecule has 1 heterocycles. The van der Waals surface area contributed by atoms with E-state index >= 15 is 0 Å². The fourth-order valence-electron chi connectivity index (χ4n) is 3.12. The Morgan fingerprint density at radius 2 is 1.96 bits per heavy atom. The minimum Gasteiger partial charge on any atom is -0.343 e. The number of hydrogen-bond donors (Lipinski definition) is 1. The van der Waals surface area contributed by atoms with Crippen LogP contribution in [-0.4, -0.2) is 15.5 Å². The van der Waals surface area contributed by atoms with Crippen molar-refractivity contribution >= 4 is 16.9 Å². The first-order chi connectivity index (χ1) is 12.4. The molecule has 0 aliphatic heterocycles. The van der Waals surface area contributed by atoms with Gasteiger partial charge in [-0.1, -0.05) is 42.5 Å². The van der Waals surface area contributed by atoms with Crippen molar-refractivity contribution in [3.8, 4) is 0 Å². The fraction of sp³-hybridized carbons (Fsp3) is 0.273. The van der Waals surface area contributed by atoms with Crippen LogP contribution < -0.4 is 5.32 Å². The summed E-state index contributed by atoms with van der Waals surface area (Å²) in [5.74, 6) is 0.699. The van der Waals surface area contributed by atoms with Gasteiger partial charge in [-0.2, -0.15) is 0 Å². The van der Waals surface area contributed by atoms with Gasteiger partial charge in [0.15, 0.2) is 0 Å². The molecule has 1 aromatic heterocycles. The molecule has 1 N–H and O–H groups in total. The number of rotatable bonds is 5. The Bertz CT molecular complexity index is 984. The predicted octanol–water partition coefficient (Wildman–Crippen LogP) is 4.45. The number of nitrogens with zero attached hydrogens (tertiary/aromatic N) is 2. The van der Waals surface area contributed by atoms with Crippen molar-refractivity contribution in [2.24, 2.45) is 0 Å². The zero-order valence-electron chi connectivity index (χ0n) is 15.8. The van der Waals surface area contributed by atoms with Gasteiger partial charge in [0.1, 0.15) is 5.82 Å². The maximum absolute atomic E-state index is 12.1. The quantitative estimate of drug-likeness (QED) is 0.693. The average molecular weight is 347 g/mol. The smallest absolute Gasteiger partial charge is 0.246 e. The Hall–Kier alpha value is -2.88. The van der Waals surface area contributed by atoms with E-state index in [4.69, 9.17) is 4.98 Å². The molecule has 1 unspecified atom stereocenters. The van der Waals surface area contributed by atoms with Crippen molar-refractivity contribution in [2.45, 2.75) is 40.3 Å². The maximum atomic E-state index is 12.1. The number of aromatic nitrogens is 2. The number of aryl methyl sites for hydroxylation is 2. The lowest BCUT2D eigenvalue weighted by Crippen LogP contribution is -2.29. The van der Waals surface area contributed by atoms with Crippen LogP contribution in [0.3, 0.4) is 0 Å². The molecule has 0 fully saturated rings. The summed E-state index contributed by atoms with van der Waals surface area (Å²) in [4.78, 5) is 16.9. The van der Waals surface area contributed by atoms with Gasteiger partial charge in [-0.25, -0.2) is 4.98 Å². The first kappa shape index (κ1) is 17.9. The molecule has 0 aliphatic carbocycles. The highest BCUT2D eigenvalue weighted by Gasteiger charge is 2.19. The third-order valence-electron chi connectivity index (χ3n) is 4.64. The molecule has 1 atom stereocenters. The molecule has 0 aliphatic rings. The summed E-state index contributed by atoms with van der Waals surface area (Å²) >= 11 is 0. The third-order valence-corrected chi connectivity index (χ3v) is 4.64. The number of carbonyl (C=O) groups excluding carboxylic acids is 1. The van der Waals surface area contributed by atoms with E-state index in [1.54, 1.807) is 6.92 Å². The second kappa shape index (κ2) is 7.16. The van der Waals surface area contributed by atoms with Crippen LogP contribution in [0.2, 0.25) is 0 Å². The van der Waals surface area contributed by atoms with Crippen molar-refractivity contribution in [1.29, 1.82) is 0 Å². The molecular formula is C22H25N3O. The Kier molecular flexibility index (Phi) is 4.94. The van der Waals surface area contributed by atoms with Gasteiger partial charge in [-0.3, -0.25) is 4.79 Å². The van der Waals surface area contributed by atoms with Crippen LogP contribution in [0.15, 0.2) is 54.6 Å². The fourth-order valence-corrected chi connectivity index (χ4v) is 3.12. The molecule has 3 rings (SSSR count). The molecule has 1 amide bonds. The van der Waals surface area contributed by atoms with E-state index in [0.717, 1.165) is 23.4 Å². The van der Waals surface area contributed by atoms with Gasteiger partial charge in [-0.05, 0) is 51.0 Å². The molecule has 134 valence electrons. The first-order valence-corrected chi connectivity index (χ1v) is 8.84. The highest BCUT2D eigenvalue weighted by Crippen LogP contribution is 2.23. The third kappa shape index (κ3) is 3.54. The number of hydrogen-bond acceptors (Lipinski definition) is 2. The highest BCUT2D eigenvalue weighted by molar-refractivity contribution is 5.92. The summed E-state index contributed by atoms with van der Waals surface area (Å²) < 4.78 is 2.19. The number of amides is 1. The Balaban J connectivity index is 2.06. The molecule has 0 saturated carbocycles. The molecule has 2 aromatic carbocycles. The number of nitrogens with one attached hydrogen (secondary N) is 1. The number of benzene rings is 2. The van der Waals surface area contributed by atoms with E-state index in [2.05, 4.69) is 54.6 Å². The van der Waals surface area contributed by atoms with Gasteiger partial charge >= 0.3 is 0 Å². The van der Waals surface area contributed by atoms with Crippen LogP contribution in [0.5, 0.6) is 0 Å². The molecular weight excluding hydrogens is 322 g/mol. The summed E-state index contributed by atoms with van der Waals surface area (Å²) in [7, 11) is 0. The van der Waals surface area contributed by atoms with Crippen LogP contribution in [0.4, 0.5) is 0 Å². The van der Waals surface area contributed by atoms with Gasteiger partial charge in [0.25, 0.3) is 0 Å². The molecule has 0 spiro atoms. The lowest BCUT2D eigenvalue weighted by molar-refractivity contribution is -0.118. The monoisotopic (exact) mass is 347 g/mol. The van der Waals surface area contributed by atoms with Gasteiger partial charge in [0.2, 0.25) is 5.91 Å². The van der Waals surface area contributed by atoms with E-state index in [1.807, 2.05) is 25.1 Å². The standard InChI is InChI=1S/C22H25N3O/c1-14(2)22(26)23-17(5)21-24-19-8-6-7-9-20(19)25(21)13-18-12-15(3)10-11-16(18)4/h6-12,17H,1,13H2,2-5H3,(H,23,26). The number of carbonyl (C=O) groups is 1. The minimum atomic E-state index is -0.211. The highest BCUT2D eigenvalue weighted by atomic mass is 16.1. The zero-order valence-corrected chi connectivity index (χ0v) is 15.8. The maximum Gasteiger partial charge on any atom is 0.246 e. The number of para-hydroxylation sites is 2. The normalized spacial score (nSPS) is 12.2. The van der Waals surface area contributed by atoms with Crippen molar-refractivity contribution in [3.05, 3.63) is 77.1 Å². The van der Waals surface area contributed by atoms with Crippen molar-refractivity contribution in [2.75, 3.05) is 0 Å². The molecule has 3 aromatic rings. The van der Waals surface area contributed by atoms with E-state index in [1.165, 1.54) is 16.7 Å². The van der Waals surface area contributed by atoms with Crippen molar-refractivity contribution in [1.82, 2.24) is 14.9 Å². The summed E-state index contributed by atoms with van der Waals surface area (Å²) in [6.07, 6.45) is 0. The Labute approximate surface area is 154 Å². The molecule has 4 nitrogen and oxygen atoms in total. The lowest BCUT2D eigenvalue weighted by Gasteiger charge is -2.17. The largest absolute Gasteiger partial charge is 0.343 e. The van der Waals surface area contributed by atoms with Crippen LogP contribution in [0.1, 0.15) is 42.4 Å². The minimum absolute atomic E-state index is 0.150. The van der Waals surface area contributed by atoms with E-state index in [0.29, 0.717) is 5.57 Å². The number of fused-ring (bicyclic) bond motifs is 1. The molecule has 26 heavy (non-hydrogen) atoms. The van der Waals surface area contributed by atoms with Crippen LogP contribution >= 0.6 is 0 Å². The summed E-state index contributed by atoms with van der Waals surface area (Å²) in [5.41, 5.74) is 6.24. The molecule has 0 radical (unpaired) electrons. The molecule has 0 saturated heterocycles. The zero-order chi connectivity index (χ0) is 18.8. The van der Waals surface area contributed by atoms with E-state index in [9.17, 15) is 4.79 Å². The number of imidazole rings is 1. The Morgan fingerprint density at radius 1 is 1.23 bits per heavy atom. The van der Waals surface area contributed by atoms with Crippen LogP contribution in [0, 0.1) is 13.8 Å². The summed E-state index contributed by atoms with van der Waals surface area (Å²) in [5, 5.41) is 2.99. The van der Waals surface area contributed by atoms with Crippen molar-refractivity contribution in [3.63, 3.8) is 0 Å². The van der Waals surface area contributed by atoms with Gasteiger partial charge in [0.05, 0.1) is 17.1 Å². The van der Waals surface area contributed by atoms with Gasteiger partial charge in [0, 0.05) is 12.1 Å². The van der Waals surface area contributed by atoms with Crippen LogP contribution in [0.25, 0.3) is 11.0 Å². The SMILES string of the molecule is C=C(C)C(=O)NC(C)c1nc2ccccc2n1Cc1cc(C)ccc1C.